The summed E-state index contributed by atoms with van der Waals surface area (Å²) in [6, 6.07) is 3.84. The van der Waals surface area contributed by atoms with Crippen LogP contribution in [0.4, 0.5) is 0 Å². The second-order valence-electron chi connectivity index (χ2n) is 3.89. The average Bonchev–Trinajstić information content (AvgIpc) is 2.32. The number of hydrogen-bond donors (Lipinski definition) is 0. The maximum atomic E-state index is 5.83. The highest BCUT2D eigenvalue weighted by molar-refractivity contribution is 6.69. The van der Waals surface area contributed by atoms with E-state index >= 15 is 0 Å². The van der Waals surface area contributed by atoms with E-state index in [1.807, 2.05) is 19.1 Å². The van der Waals surface area contributed by atoms with Crippen LogP contribution < -0.4 is 0 Å². The molecule has 0 N–H and O–H groups in total. The van der Waals surface area contributed by atoms with Crippen LogP contribution in [0.2, 0.25) is 19.6 Å². The monoisotopic (exact) mass is 184 g/mol. The molecule has 1 unspecified atom stereocenters. The molecule has 0 amide bonds. The molecular weight excluding hydrogens is 168 g/mol. The second-order valence-corrected chi connectivity index (χ2v) is 8.35. The minimum absolute atomic E-state index is 0.0895. The third kappa shape index (κ3) is 2.83. The van der Waals surface area contributed by atoms with Crippen molar-refractivity contribution in [2.45, 2.75) is 32.7 Å². The van der Waals surface area contributed by atoms with Crippen LogP contribution in [0.5, 0.6) is 0 Å². The van der Waals surface area contributed by atoms with Crippen LogP contribution in [-0.4, -0.2) is 8.32 Å². The van der Waals surface area contributed by atoms with Gasteiger partial charge in [0.2, 0.25) is 0 Å². The maximum Gasteiger partial charge on any atom is 0.184 e. The fourth-order valence-corrected chi connectivity index (χ4v) is 2.29. The van der Waals surface area contributed by atoms with E-state index in [0.717, 1.165) is 5.76 Å². The van der Waals surface area contributed by atoms with Gasteiger partial charge >= 0.3 is 0 Å². The van der Waals surface area contributed by atoms with Gasteiger partial charge in [-0.3, -0.25) is 0 Å². The summed E-state index contributed by atoms with van der Waals surface area (Å²) in [5.74, 6) is 0.914. The highest BCUT2D eigenvalue weighted by Gasteiger charge is 2.20. The lowest BCUT2D eigenvalue weighted by Gasteiger charge is -2.21. The largest absolute Gasteiger partial charge is 0.467 e. The van der Waals surface area contributed by atoms with Crippen LogP contribution in [0.25, 0.3) is 0 Å². The van der Waals surface area contributed by atoms with Crippen LogP contribution >= 0.6 is 0 Å². The highest BCUT2D eigenvalue weighted by atomic mass is 28.4. The summed E-state index contributed by atoms with van der Waals surface area (Å²) in [6.45, 7) is 8.54. The Morgan fingerprint density at radius 1 is 1.42 bits per heavy atom. The van der Waals surface area contributed by atoms with Gasteiger partial charge in [-0.1, -0.05) is 0 Å². The van der Waals surface area contributed by atoms with Crippen LogP contribution in [0.15, 0.2) is 22.8 Å². The molecule has 0 bridgehead atoms. The number of rotatable bonds is 3. The van der Waals surface area contributed by atoms with Crippen molar-refractivity contribution in [1.29, 1.82) is 0 Å². The molecule has 1 aromatic rings. The molecule has 0 aromatic carbocycles. The van der Waals surface area contributed by atoms with E-state index < -0.39 is 8.32 Å². The molecule has 0 aliphatic heterocycles. The van der Waals surface area contributed by atoms with E-state index in [0.29, 0.717) is 0 Å². The summed E-state index contributed by atoms with van der Waals surface area (Å²) in [7, 11) is -1.44. The Labute approximate surface area is 74.7 Å². The normalized spacial score (nSPS) is 14.7. The maximum absolute atomic E-state index is 5.83. The molecule has 2 nitrogen and oxygen atoms in total. The van der Waals surface area contributed by atoms with Crippen molar-refractivity contribution in [2.75, 3.05) is 0 Å². The van der Waals surface area contributed by atoms with E-state index in [-0.39, 0.29) is 6.10 Å². The lowest BCUT2D eigenvalue weighted by atomic mass is 10.3. The number of furan rings is 1. The molecule has 0 aliphatic carbocycles. The summed E-state index contributed by atoms with van der Waals surface area (Å²) in [4.78, 5) is 0. The van der Waals surface area contributed by atoms with Crippen molar-refractivity contribution >= 4 is 8.32 Å². The average molecular weight is 184 g/mol. The molecule has 1 heterocycles. The van der Waals surface area contributed by atoms with Gasteiger partial charge in [0.15, 0.2) is 8.32 Å². The van der Waals surface area contributed by atoms with Gasteiger partial charge in [0.25, 0.3) is 0 Å². The molecular formula is C9H16O2Si. The van der Waals surface area contributed by atoms with Crippen molar-refractivity contribution in [3.8, 4) is 0 Å². The first-order valence-corrected chi connectivity index (χ1v) is 7.61. The fraction of sp³-hybridized carbons (Fsp3) is 0.556. The van der Waals surface area contributed by atoms with E-state index in [1.165, 1.54) is 0 Å². The van der Waals surface area contributed by atoms with Gasteiger partial charge in [0, 0.05) is 0 Å². The van der Waals surface area contributed by atoms with Crippen molar-refractivity contribution < 1.29 is 8.84 Å². The van der Waals surface area contributed by atoms with Crippen LogP contribution in [0, 0.1) is 0 Å². The molecule has 0 radical (unpaired) electrons. The van der Waals surface area contributed by atoms with Crippen molar-refractivity contribution in [3.63, 3.8) is 0 Å². The summed E-state index contributed by atoms with van der Waals surface area (Å²) in [5, 5.41) is 0. The SMILES string of the molecule is CC(O[Si](C)(C)C)c1ccco1. The van der Waals surface area contributed by atoms with Gasteiger partial charge in [0.1, 0.15) is 11.9 Å². The van der Waals surface area contributed by atoms with Gasteiger partial charge in [-0.25, -0.2) is 0 Å². The molecule has 3 heteroatoms. The lowest BCUT2D eigenvalue weighted by molar-refractivity contribution is 0.188. The molecule has 0 saturated heterocycles. The molecule has 1 rings (SSSR count). The van der Waals surface area contributed by atoms with E-state index in [4.69, 9.17) is 8.84 Å². The zero-order valence-electron chi connectivity index (χ0n) is 8.13. The van der Waals surface area contributed by atoms with Gasteiger partial charge in [-0.05, 0) is 38.7 Å². The molecule has 1 aromatic heterocycles. The van der Waals surface area contributed by atoms with Crippen LogP contribution in [-0.2, 0) is 4.43 Å². The predicted molar refractivity (Wildman–Crippen MR) is 51.6 cm³/mol. The van der Waals surface area contributed by atoms with Gasteiger partial charge in [0.05, 0.1) is 6.26 Å². The molecule has 0 spiro atoms. The predicted octanol–water partition coefficient (Wildman–Crippen LogP) is 3.19. The zero-order valence-corrected chi connectivity index (χ0v) is 9.13. The lowest BCUT2D eigenvalue weighted by Crippen LogP contribution is -2.26. The van der Waals surface area contributed by atoms with E-state index in [2.05, 4.69) is 19.6 Å². The Balaban J connectivity index is 2.56. The molecule has 0 aliphatic rings. The second kappa shape index (κ2) is 3.45. The van der Waals surface area contributed by atoms with Crippen LogP contribution in [0.3, 0.4) is 0 Å². The Morgan fingerprint density at radius 2 is 2.08 bits per heavy atom. The van der Waals surface area contributed by atoms with E-state index in [1.54, 1.807) is 6.26 Å². The van der Waals surface area contributed by atoms with Gasteiger partial charge in [-0.15, -0.1) is 0 Å². The summed E-state index contributed by atoms with van der Waals surface area (Å²) < 4.78 is 11.1. The first-order valence-electron chi connectivity index (χ1n) is 4.20. The third-order valence-corrected chi connectivity index (χ3v) is 2.53. The molecule has 68 valence electrons. The summed E-state index contributed by atoms with van der Waals surface area (Å²) in [6.07, 6.45) is 1.77. The van der Waals surface area contributed by atoms with Crippen molar-refractivity contribution in [3.05, 3.63) is 24.2 Å². The minimum atomic E-state index is -1.44. The highest BCUT2D eigenvalue weighted by Crippen LogP contribution is 2.21. The third-order valence-electron chi connectivity index (χ3n) is 1.47. The number of hydrogen-bond acceptors (Lipinski definition) is 2. The smallest absolute Gasteiger partial charge is 0.184 e. The van der Waals surface area contributed by atoms with Gasteiger partial charge < -0.3 is 8.84 Å². The standard InChI is InChI=1S/C9H16O2Si/c1-8(11-12(2,3)4)9-6-5-7-10-9/h5-8H,1-4H3. The topological polar surface area (TPSA) is 22.4 Å². The minimum Gasteiger partial charge on any atom is -0.467 e. The summed E-state index contributed by atoms with van der Waals surface area (Å²) in [5.41, 5.74) is 0. The Kier molecular flexibility index (Phi) is 2.75. The van der Waals surface area contributed by atoms with Crippen molar-refractivity contribution in [2.24, 2.45) is 0 Å². The molecule has 1 atom stereocenters. The Bertz CT molecular complexity index is 223. The summed E-state index contributed by atoms with van der Waals surface area (Å²) >= 11 is 0. The molecule has 0 fully saturated rings. The van der Waals surface area contributed by atoms with Crippen LogP contribution in [0.1, 0.15) is 18.8 Å². The van der Waals surface area contributed by atoms with Gasteiger partial charge in [-0.2, -0.15) is 0 Å². The molecule has 0 saturated carbocycles. The fourth-order valence-electron chi connectivity index (χ4n) is 1.11. The first kappa shape index (κ1) is 9.54. The Hall–Kier alpha value is -0.543. The van der Waals surface area contributed by atoms with E-state index in [9.17, 15) is 0 Å². The quantitative estimate of drug-likeness (QED) is 0.673. The zero-order chi connectivity index (χ0) is 9.19. The molecule has 12 heavy (non-hydrogen) atoms. The first-order chi connectivity index (χ1) is 5.49. The Morgan fingerprint density at radius 3 is 2.50 bits per heavy atom. The van der Waals surface area contributed by atoms with Crippen molar-refractivity contribution in [1.82, 2.24) is 0 Å².